The van der Waals surface area contributed by atoms with E-state index < -0.39 is 5.97 Å². The summed E-state index contributed by atoms with van der Waals surface area (Å²) in [5.41, 5.74) is 2.36. The molecular weight excluding hydrogens is 426 g/mol. The number of nitrogens with zero attached hydrogens (tertiary/aromatic N) is 2. The Morgan fingerprint density at radius 1 is 1.16 bits per heavy atom. The number of carbonyl (C=O) groups is 1. The Balaban J connectivity index is 1.32. The number of carboxylic acid groups (broad SMARTS) is 1. The van der Waals surface area contributed by atoms with E-state index in [0.29, 0.717) is 26.1 Å². The van der Waals surface area contributed by atoms with Crippen molar-refractivity contribution in [3.8, 4) is 11.5 Å². The fraction of sp³-hybridized carbons (Fsp3) is 0.458. The molecule has 0 spiro atoms. The van der Waals surface area contributed by atoms with Crippen LogP contribution in [0.2, 0.25) is 0 Å². The first kappa shape index (κ1) is 21.0. The maximum atomic E-state index is 11.3. The van der Waals surface area contributed by atoms with Crippen LogP contribution in [-0.2, 0) is 11.2 Å². The molecule has 8 heteroatoms. The van der Waals surface area contributed by atoms with Crippen molar-refractivity contribution in [1.29, 1.82) is 0 Å². The van der Waals surface area contributed by atoms with Gasteiger partial charge in [-0.1, -0.05) is 6.07 Å². The number of benzene rings is 1. The number of rotatable bonds is 6. The van der Waals surface area contributed by atoms with E-state index in [1.54, 1.807) is 11.3 Å². The van der Waals surface area contributed by atoms with Gasteiger partial charge < -0.3 is 19.9 Å². The van der Waals surface area contributed by atoms with E-state index in [2.05, 4.69) is 23.7 Å². The average Bonchev–Trinajstić information content (AvgIpc) is 3.20. The van der Waals surface area contributed by atoms with E-state index in [1.807, 2.05) is 12.1 Å². The minimum Gasteiger partial charge on any atom is -0.486 e. The molecule has 0 atom stereocenters. The molecule has 1 aliphatic carbocycles. The maximum absolute atomic E-state index is 11.3. The molecule has 3 aromatic rings. The van der Waals surface area contributed by atoms with Crippen molar-refractivity contribution < 1.29 is 19.4 Å². The minimum atomic E-state index is -0.685. The molecule has 2 aromatic heterocycles. The van der Waals surface area contributed by atoms with Gasteiger partial charge in [-0.25, -0.2) is 9.97 Å². The fourth-order valence-corrected chi connectivity index (χ4v) is 5.51. The molecule has 0 unspecified atom stereocenters. The summed E-state index contributed by atoms with van der Waals surface area (Å²) in [6, 6.07) is 6.10. The predicted octanol–water partition coefficient (Wildman–Crippen LogP) is 4.78. The van der Waals surface area contributed by atoms with E-state index in [9.17, 15) is 9.90 Å². The third-order valence-electron chi connectivity index (χ3n) is 6.39. The van der Waals surface area contributed by atoms with Gasteiger partial charge in [-0.05, 0) is 67.7 Å². The highest BCUT2D eigenvalue weighted by molar-refractivity contribution is 7.17. The van der Waals surface area contributed by atoms with E-state index in [-0.39, 0.29) is 11.8 Å². The minimum absolute atomic E-state index is 0.218. The molecule has 0 amide bonds. The normalized spacial score (nSPS) is 20.3. The number of aryl methyl sites for hydroxylation is 1. The van der Waals surface area contributed by atoms with Gasteiger partial charge in [0.15, 0.2) is 11.5 Å². The standard InChI is InChI=1S/C24H27N3O4S/c1-14-13-32-23-20(14)22(26-21(27-23)16-3-5-17(6-4-16)24(28)29)25-9-8-15-2-7-18-19(12-15)31-11-10-30-18/h2,7,12-13,16-17H,3-6,8-11H2,1H3,(H,28,29)(H,25,26,27). The Bertz CT molecular complexity index is 1140. The largest absolute Gasteiger partial charge is 0.486 e. The number of anilines is 1. The summed E-state index contributed by atoms with van der Waals surface area (Å²) in [7, 11) is 0. The summed E-state index contributed by atoms with van der Waals surface area (Å²) in [5, 5.41) is 16.0. The summed E-state index contributed by atoms with van der Waals surface area (Å²) in [4.78, 5) is 22.1. The van der Waals surface area contributed by atoms with Crippen molar-refractivity contribution in [2.75, 3.05) is 25.1 Å². The van der Waals surface area contributed by atoms with Crippen LogP contribution in [0.5, 0.6) is 11.5 Å². The van der Waals surface area contributed by atoms with Crippen molar-refractivity contribution in [3.05, 3.63) is 40.5 Å². The van der Waals surface area contributed by atoms with Gasteiger partial charge in [0.05, 0.1) is 11.3 Å². The third-order valence-corrected chi connectivity index (χ3v) is 7.38. The Morgan fingerprint density at radius 2 is 1.94 bits per heavy atom. The van der Waals surface area contributed by atoms with Crippen molar-refractivity contribution in [2.45, 2.75) is 44.9 Å². The molecule has 168 valence electrons. The molecule has 2 aliphatic rings. The van der Waals surface area contributed by atoms with Gasteiger partial charge in [0.1, 0.15) is 29.7 Å². The lowest BCUT2D eigenvalue weighted by Gasteiger charge is -2.25. The van der Waals surface area contributed by atoms with Crippen LogP contribution in [0.4, 0.5) is 5.82 Å². The SMILES string of the molecule is Cc1csc2nc(C3CCC(C(=O)O)CC3)nc(NCCc3ccc4c(c3)OCCO4)c12. The lowest BCUT2D eigenvalue weighted by atomic mass is 9.81. The van der Waals surface area contributed by atoms with Crippen LogP contribution in [0.15, 0.2) is 23.6 Å². The number of aliphatic carboxylic acids is 1. The summed E-state index contributed by atoms with van der Waals surface area (Å²) >= 11 is 1.64. The number of hydrogen-bond donors (Lipinski definition) is 2. The average molecular weight is 454 g/mol. The van der Waals surface area contributed by atoms with Crippen LogP contribution in [0, 0.1) is 12.8 Å². The van der Waals surface area contributed by atoms with Crippen LogP contribution < -0.4 is 14.8 Å². The zero-order valence-electron chi connectivity index (χ0n) is 18.1. The van der Waals surface area contributed by atoms with E-state index in [1.165, 1.54) is 11.1 Å². The molecular formula is C24H27N3O4S. The predicted molar refractivity (Wildman–Crippen MR) is 124 cm³/mol. The molecule has 0 saturated heterocycles. The van der Waals surface area contributed by atoms with Crippen molar-refractivity contribution >= 4 is 33.3 Å². The van der Waals surface area contributed by atoms with Crippen LogP contribution in [0.3, 0.4) is 0 Å². The lowest BCUT2D eigenvalue weighted by molar-refractivity contribution is -0.142. The first-order chi connectivity index (χ1) is 15.6. The highest BCUT2D eigenvalue weighted by atomic mass is 32.1. The van der Waals surface area contributed by atoms with E-state index in [0.717, 1.165) is 59.2 Å². The van der Waals surface area contributed by atoms with Crippen LogP contribution >= 0.6 is 11.3 Å². The molecule has 1 aromatic carbocycles. The van der Waals surface area contributed by atoms with E-state index >= 15 is 0 Å². The molecule has 0 bridgehead atoms. The van der Waals surface area contributed by atoms with E-state index in [4.69, 9.17) is 19.4 Å². The summed E-state index contributed by atoms with van der Waals surface area (Å²) in [5.74, 6) is 2.63. The van der Waals surface area contributed by atoms with Crippen LogP contribution in [0.1, 0.15) is 48.6 Å². The summed E-state index contributed by atoms with van der Waals surface area (Å²) in [6.07, 6.45) is 3.87. The fourth-order valence-electron chi connectivity index (χ4n) is 4.58. The third kappa shape index (κ3) is 4.24. The Morgan fingerprint density at radius 3 is 2.72 bits per heavy atom. The first-order valence-corrected chi connectivity index (χ1v) is 12.1. The second-order valence-electron chi connectivity index (χ2n) is 8.57. The molecule has 2 N–H and O–H groups in total. The second kappa shape index (κ2) is 8.94. The topological polar surface area (TPSA) is 93.6 Å². The highest BCUT2D eigenvalue weighted by Crippen LogP contribution is 2.37. The summed E-state index contributed by atoms with van der Waals surface area (Å²) < 4.78 is 11.3. The van der Waals surface area contributed by atoms with Gasteiger partial charge in [0.2, 0.25) is 0 Å². The van der Waals surface area contributed by atoms with Crippen molar-refractivity contribution in [1.82, 2.24) is 9.97 Å². The molecule has 3 heterocycles. The Kier molecular flexibility index (Phi) is 5.87. The highest BCUT2D eigenvalue weighted by Gasteiger charge is 2.29. The zero-order valence-corrected chi connectivity index (χ0v) is 18.9. The Hall–Kier alpha value is -2.87. The number of aromatic nitrogens is 2. The lowest BCUT2D eigenvalue weighted by Crippen LogP contribution is -2.21. The van der Waals surface area contributed by atoms with Gasteiger partial charge >= 0.3 is 5.97 Å². The number of hydrogen-bond acceptors (Lipinski definition) is 7. The second-order valence-corrected chi connectivity index (χ2v) is 9.43. The van der Waals surface area contributed by atoms with Gasteiger partial charge in [0, 0.05) is 12.5 Å². The van der Waals surface area contributed by atoms with Crippen LogP contribution in [0.25, 0.3) is 10.2 Å². The molecule has 1 aliphatic heterocycles. The first-order valence-electron chi connectivity index (χ1n) is 11.2. The van der Waals surface area contributed by atoms with Gasteiger partial charge in [-0.15, -0.1) is 11.3 Å². The maximum Gasteiger partial charge on any atom is 0.306 e. The number of ether oxygens (including phenoxy) is 2. The smallest absolute Gasteiger partial charge is 0.306 e. The van der Waals surface area contributed by atoms with Gasteiger partial charge in [-0.2, -0.15) is 0 Å². The van der Waals surface area contributed by atoms with Crippen molar-refractivity contribution in [2.24, 2.45) is 5.92 Å². The van der Waals surface area contributed by atoms with Gasteiger partial charge in [0.25, 0.3) is 0 Å². The summed E-state index contributed by atoms with van der Waals surface area (Å²) in [6.45, 7) is 4.01. The van der Waals surface area contributed by atoms with Crippen molar-refractivity contribution in [3.63, 3.8) is 0 Å². The number of nitrogens with one attached hydrogen (secondary N) is 1. The molecule has 32 heavy (non-hydrogen) atoms. The number of carboxylic acids is 1. The number of fused-ring (bicyclic) bond motifs is 2. The number of thiophene rings is 1. The molecule has 1 fully saturated rings. The molecule has 1 saturated carbocycles. The monoisotopic (exact) mass is 453 g/mol. The molecule has 7 nitrogen and oxygen atoms in total. The molecule has 5 rings (SSSR count). The quantitative estimate of drug-likeness (QED) is 0.554. The van der Waals surface area contributed by atoms with Gasteiger partial charge in [-0.3, -0.25) is 4.79 Å². The zero-order chi connectivity index (χ0) is 22.1. The Labute approximate surface area is 190 Å². The van der Waals surface area contributed by atoms with Crippen LogP contribution in [-0.4, -0.2) is 40.8 Å². The molecule has 0 radical (unpaired) electrons.